The first-order chi connectivity index (χ1) is 10.7. The van der Waals surface area contributed by atoms with Gasteiger partial charge in [-0.15, -0.1) is 5.10 Å². The third-order valence-electron chi connectivity index (χ3n) is 3.53. The minimum atomic E-state index is -0.942. The molecule has 2 heterocycles. The smallest absolute Gasteiger partial charge is 0.328 e. The number of carboxylic acids is 1. The molecule has 0 fully saturated rings. The number of tetrazole rings is 1. The van der Waals surface area contributed by atoms with Gasteiger partial charge in [-0.3, -0.25) is 0 Å². The number of carboxylic acid groups (broad SMARTS) is 1. The van der Waals surface area contributed by atoms with Crippen LogP contribution < -0.4 is 9.47 Å². The van der Waals surface area contributed by atoms with Crippen molar-refractivity contribution in [2.45, 2.75) is 32.2 Å². The van der Waals surface area contributed by atoms with Crippen LogP contribution in [0.15, 0.2) is 18.2 Å². The van der Waals surface area contributed by atoms with E-state index < -0.39 is 12.0 Å². The fourth-order valence-electron chi connectivity index (χ4n) is 2.38. The van der Waals surface area contributed by atoms with Gasteiger partial charge in [-0.2, -0.15) is 0 Å². The monoisotopic (exact) mass is 304 g/mol. The standard InChI is InChI=1S/C14H16N4O4/c1-2-3-4-10(14(19)20)18-13(15-16-17-18)9-5-6-11-12(7-9)22-8-21-11/h5-7,10H,2-4,8H2,1H3,(H,19,20). The maximum Gasteiger partial charge on any atom is 0.328 e. The zero-order valence-corrected chi connectivity index (χ0v) is 12.1. The first-order valence-electron chi connectivity index (χ1n) is 7.11. The summed E-state index contributed by atoms with van der Waals surface area (Å²) in [6.45, 7) is 2.19. The Bertz CT molecular complexity index is 685. The highest BCUT2D eigenvalue weighted by Gasteiger charge is 2.25. The lowest BCUT2D eigenvalue weighted by molar-refractivity contribution is -0.141. The molecule has 3 rings (SSSR count). The van der Waals surface area contributed by atoms with Crippen LogP contribution in [0.25, 0.3) is 11.4 Å². The van der Waals surface area contributed by atoms with Crippen LogP contribution in [0.1, 0.15) is 32.2 Å². The van der Waals surface area contributed by atoms with Crippen molar-refractivity contribution in [2.24, 2.45) is 0 Å². The fraction of sp³-hybridized carbons (Fsp3) is 0.429. The van der Waals surface area contributed by atoms with Crippen LogP contribution in [0, 0.1) is 0 Å². The molecule has 22 heavy (non-hydrogen) atoms. The number of hydrogen-bond donors (Lipinski definition) is 1. The van der Waals surface area contributed by atoms with E-state index in [1.165, 1.54) is 4.68 Å². The molecule has 116 valence electrons. The van der Waals surface area contributed by atoms with E-state index in [-0.39, 0.29) is 6.79 Å². The molecule has 0 bridgehead atoms. The molecule has 1 aromatic heterocycles. The summed E-state index contributed by atoms with van der Waals surface area (Å²) in [7, 11) is 0. The Labute approximate surface area is 126 Å². The highest BCUT2D eigenvalue weighted by molar-refractivity contribution is 5.73. The maximum absolute atomic E-state index is 11.5. The van der Waals surface area contributed by atoms with Crippen molar-refractivity contribution < 1.29 is 19.4 Å². The zero-order chi connectivity index (χ0) is 15.5. The van der Waals surface area contributed by atoms with Gasteiger partial charge in [-0.05, 0) is 35.0 Å². The second-order valence-electron chi connectivity index (χ2n) is 5.01. The lowest BCUT2D eigenvalue weighted by Gasteiger charge is -2.13. The third kappa shape index (κ3) is 2.59. The van der Waals surface area contributed by atoms with Gasteiger partial charge in [-0.1, -0.05) is 19.8 Å². The minimum Gasteiger partial charge on any atom is -0.480 e. The molecule has 0 saturated carbocycles. The normalized spacial score (nSPS) is 14.0. The van der Waals surface area contributed by atoms with Crippen molar-refractivity contribution in [3.63, 3.8) is 0 Å². The quantitative estimate of drug-likeness (QED) is 0.869. The molecule has 1 unspecified atom stereocenters. The van der Waals surface area contributed by atoms with Crippen LogP contribution in [0.4, 0.5) is 0 Å². The number of aliphatic carboxylic acids is 1. The number of rotatable bonds is 6. The average Bonchev–Trinajstić information content (AvgIpc) is 3.15. The summed E-state index contributed by atoms with van der Waals surface area (Å²) in [5, 5.41) is 20.9. The molecule has 0 amide bonds. The van der Waals surface area contributed by atoms with Crippen molar-refractivity contribution in [3.8, 4) is 22.9 Å². The number of carbonyl (C=O) groups is 1. The molecule has 8 nitrogen and oxygen atoms in total. The molecule has 1 aromatic carbocycles. The number of fused-ring (bicyclic) bond motifs is 1. The van der Waals surface area contributed by atoms with E-state index in [0.29, 0.717) is 29.3 Å². The molecule has 0 radical (unpaired) electrons. The van der Waals surface area contributed by atoms with Gasteiger partial charge in [0.1, 0.15) is 0 Å². The van der Waals surface area contributed by atoms with E-state index in [9.17, 15) is 9.90 Å². The van der Waals surface area contributed by atoms with Crippen LogP contribution in [-0.2, 0) is 4.79 Å². The van der Waals surface area contributed by atoms with E-state index in [1.54, 1.807) is 18.2 Å². The summed E-state index contributed by atoms with van der Waals surface area (Å²) in [5.41, 5.74) is 0.692. The van der Waals surface area contributed by atoms with E-state index in [4.69, 9.17) is 9.47 Å². The molecule has 0 saturated heterocycles. The number of aromatic nitrogens is 4. The number of nitrogens with zero attached hydrogens (tertiary/aromatic N) is 4. The Morgan fingerprint density at radius 3 is 3.00 bits per heavy atom. The van der Waals surface area contributed by atoms with Crippen molar-refractivity contribution in [1.29, 1.82) is 0 Å². The Morgan fingerprint density at radius 2 is 2.23 bits per heavy atom. The van der Waals surface area contributed by atoms with E-state index in [2.05, 4.69) is 15.5 Å². The van der Waals surface area contributed by atoms with Crippen LogP contribution in [0.3, 0.4) is 0 Å². The second-order valence-corrected chi connectivity index (χ2v) is 5.01. The lowest BCUT2D eigenvalue weighted by atomic mass is 10.1. The highest BCUT2D eigenvalue weighted by Crippen LogP contribution is 2.35. The zero-order valence-electron chi connectivity index (χ0n) is 12.1. The third-order valence-corrected chi connectivity index (χ3v) is 3.53. The first-order valence-corrected chi connectivity index (χ1v) is 7.11. The van der Waals surface area contributed by atoms with Crippen molar-refractivity contribution in [1.82, 2.24) is 20.2 Å². The summed E-state index contributed by atoms with van der Waals surface area (Å²) >= 11 is 0. The van der Waals surface area contributed by atoms with Gasteiger partial charge in [0.05, 0.1) is 0 Å². The van der Waals surface area contributed by atoms with Gasteiger partial charge in [0, 0.05) is 5.56 Å². The van der Waals surface area contributed by atoms with Gasteiger partial charge < -0.3 is 14.6 Å². The number of ether oxygens (including phenoxy) is 2. The highest BCUT2D eigenvalue weighted by atomic mass is 16.7. The van der Waals surface area contributed by atoms with Gasteiger partial charge >= 0.3 is 5.97 Å². The molecule has 0 aliphatic carbocycles. The van der Waals surface area contributed by atoms with Gasteiger partial charge in [-0.25, -0.2) is 9.48 Å². The Hall–Kier alpha value is -2.64. The van der Waals surface area contributed by atoms with Crippen LogP contribution in [0.2, 0.25) is 0 Å². The molecule has 8 heteroatoms. The summed E-state index contributed by atoms with van der Waals surface area (Å²) in [6.07, 6.45) is 2.18. The lowest BCUT2D eigenvalue weighted by Crippen LogP contribution is -2.21. The molecule has 1 aliphatic heterocycles. The molecular weight excluding hydrogens is 288 g/mol. The van der Waals surface area contributed by atoms with Gasteiger partial charge in [0.25, 0.3) is 0 Å². The molecule has 1 N–H and O–H groups in total. The van der Waals surface area contributed by atoms with Crippen LogP contribution in [0.5, 0.6) is 11.5 Å². The van der Waals surface area contributed by atoms with E-state index >= 15 is 0 Å². The number of benzene rings is 1. The van der Waals surface area contributed by atoms with Gasteiger partial charge in [0.15, 0.2) is 23.4 Å². The molecule has 1 aliphatic rings. The minimum absolute atomic E-state index is 0.179. The SMILES string of the molecule is CCCCC(C(=O)O)n1nnnc1-c1ccc2c(c1)OCO2. The van der Waals surface area contributed by atoms with E-state index in [1.807, 2.05) is 6.92 Å². The van der Waals surface area contributed by atoms with Crippen LogP contribution >= 0.6 is 0 Å². The fourth-order valence-corrected chi connectivity index (χ4v) is 2.38. The summed E-state index contributed by atoms with van der Waals surface area (Å²) in [4.78, 5) is 11.5. The molecule has 2 aromatic rings. The summed E-state index contributed by atoms with van der Waals surface area (Å²) < 4.78 is 12.0. The van der Waals surface area contributed by atoms with Crippen LogP contribution in [-0.4, -0.2) is 38.1 Å². The summed E-state index contributed by atoms with van der Waals surface area (Å²) in [5.74, 6) is 0.723. The first kappa shape index (κ1) is 14.3. The Kier molecular flexibility index (Phi) is 3.90. The summed E-state index contributed by atoms with van der Waals surface area (Å²) in [6, 6.07) is 4.52. The number of unbranched alkanes of at least 4 members (excludes halogenated alkanes) is 1. The van der Waals surface area contributed by atoms with E-state index in [0.717, 1.165) is 12.8 Å². The Balaban J connectivity index is 1.95. The topological polar surface area (TPSA) is 99.4 Å². The van der Waals surface area contributed by atoms with Crippen molar-refractivity contribution in [2.75, 3.05) is 6.79 Å². The second kappa shape index (κ2) is 6.00. The van der Waals surface area contributed by atoms with Crippen molar-refractivity contribution in [3.05, 3.63) is 18.2 Å². The largest absolute Gasteiger partial charge is 0.480 e. The Morgan fingerprint density at radius 1 is 1.41 bits per heavy atom. The molecular formula is C14H16N4O4. The van der Waals surface area contributed by atoms with Crippen molar-refractivity contribution >= 4 is 5.97 Å². The maximum atomic E-state index is 11.5. The number of hydrogen-bond acceptors (Lipinski definition) is 6. The predicted molar refractivity (Wildman–Crippen MR) is 75.6 cm³/mol. The van der Waals surface area contributed by atoms with Gasteiger partial charge in [0.2, 0.25) is 6.79 Å². The predicted octanol–water partition coefficient (Wildman–Crippen LogP) is 1.88. The molecule has 0 spiro atoms. The average molecular weight is 304 g/mol. The molecule has 1 atom stereocenters.